The molecular formula is C44H51O. The van der Waals surface area contributed by atoms with Gasteiger partial charge in [-0.05, 0) is 221 Å². The average molecular weight is 596 g/mol. The Balaban J connectivity index is 1.18. The van der Waals surface area contributed by atoms with Crippen molar-refractivity contribution in [3.63, 3.8) is 0 Å². The monoisotopic (exact) mass is 595 g/mol. The molecule has 12 fully saturated rings. The summed E-state index contributed by atoms with van der Waals surface area (Å²) in [6.45, 7) is 0. The largest absolute Gasteiger partial charge is 0.456 e. The number of hydrogen-bond donors (Lipinski definition) is 0. The van der Waals surface area contributed by atoms with E-state index < -0.39 is 0 Å². The first-order valence-corrected chi connectivity index (χ1v) is 19.4. The molecule has 0 amide bonds. The molecule has 2 aromatic carbocycles. The van der Waals surface area contributed by atoms with E-state index in [0.29, 0.717) is 10.8 Å². The Morgan fingerprint density at radius 1 is 0.467 bits per heavy atom. The molecule has 12 aliphatic carbocycles. The molecular weight excluding hydrogens is 544 g/mol. The van der Waals surface area contributed by atoms with Crippen LogP contribution in [-0.4, -0.2) is 0 Å². The van der Waals surface area contributed by atoms with Gasteiger partial charge in [0.05, 0.1) is 5.56 Å². The van der Waals surface area contributed by atoms with Crippen molar-refractivity contribution in [2.24, 2.45) is 53.3 Å². The van der Waals surface area contributed by atoms with Crippen molar-refractivity contribution in [1.29, 1.82) is 0 Å². The highest BCUT2D eigenvalue weighted by Gasteiger charge is 2.60. The molecule has 12 saturated carbocycles. The lowest BCUT2D eigenvalue weighted by atomic mass is 9.41. The van der Waals surface area contributed by atoms with Gasteiger partial charge in [-0.25, -0.2) is 0 Å². The van der Waals surface area contributed by atoms with Crippen LogP contribution in [0.25, 0.3) is 0 Å². The van der Waals surface area contributed by atoms with Crippen LogP contribution < -0.4 is 4.74 Å². The SMILES string of the molecule is [C]#Cc1ccccc1Oc1ccc(C23CC4CC(CC(C4)C2)C3)c(C23CC4CC(CC(C4)C2)C3)c1C12CC3CC(CC(C3)C1)C2. The summed E-state index contributed by atoms with van der Waals surface area (Å²) in [7, 11) is 0. The second-order valence-electron chi connectivity index (χ2n) is 19.2. The van der Waals surface area contributed by atoms with Gasteiger partial charge >= 0.3 is 0 Å². The summed E-state index contributed by atoms with van der Waals surface area (Å²) in [4.78, 5) is 0. The Morgan fingerprint density at radius 3 is 1.31 bits per heavy atom. The molecule has 0 aromatic heterocycles. The minimum atomic E-state index is 0.282. The molecule has 1 nitrogen and oxygen atoms in total. The predicted octanol–water partition coefficient (Wildman–Crippen LogP) is 10.8. The maximum absolute atomic E-state index is 8.10. The Labute approximate surface area is 271 Å². The van der Waals surface area contributed by atoms with Gasteiger partial charge in [0.2, 0.25) is 0 Å². The maximum atomic E-state index is 8.10. The second kappa shape index (κ2) is 9.24. The number of benzene rings is 2. The summed E-state index contributed by atoms with van der Waals surface area (Å²) in [5.41, 5.74) is 7.33. The molecule has 0 aliphatic heterocycles. The number of para-hydroxylation sites is 1. The summed E-state index contributed by atoms with van der Waals surface area (Å²) >= 11 is 0. The first kappa shape index (κ1) is 26.8. The summed E-state index contributed by atoms with van der Waals surface area (Å²) in [5.74, 6) is 13.2. The molecule has 1 heteroatoms. The van der Waals surface area contributed by atoms with Crippen molar-refractivity contribution < 1.29 is 4.74 Å². The van der Waals surface area contributed by atoms with Gasteiger partial charge in [0.15, 0.2) is 0 Å². The lowest BCUT2D eigenvalue weighted by Gasteiger charge is -2.63. The fraction of sp³-hybridized carbons (Fsp3) is 0.682. The highest BCUT2D eigenvalue weighted by atomic mass is 16.5. The van der Waals surface area contributed by atoms with Gasteiger partial charge < -0.3 is 4.74 Å². The van der Waals surface area contributed by atoms with Crippen LogP contribution in [0.15, 0.2) is 36.4 Å². The average Bonchev–Trinajstić information content (AvgIpc) is 2.99. The molecule has 12 bridgehead atoms. The molecule has 0 N–H and O–H groups in total. The molecule has 0 spiro atoms. The van der Waals surface area contributed by atoms with Crippen LogP contribution in [-0.2, 0) is 16.2 Å². The quantitative estimate of drug-likeness (QED) is 0.313. The van der Waals surface area contributed by atoms with Gasteiger partial charge in [-0.1, -0.05) is 18.2 Å². The van der Waals surface area contributed by atoms with Gasteiger partial charge in [0.1, 0.15) is 11.5 Å². The van der Waals surface area contributed by atoms with E-state index in [1.807, 2.05) is 23.3 Å². The van der Waals surface area contributed by atoms with Gasteiger partial charge in [0.25, 0.3) is 0 Å². The van der Waals surface area contributed by atoms with E-state index in [4.69, 9.17) is 11.2 Å². The maximum Gasteiger partial charge on any atom is 0.143 e. The third kappa shape index (κ3) is 3.87. The van der Waals surface area contributed by atoms with Gasteiger partial charge in [-0.2, -0.15) is 0 Å². The molecule has 12 aliphatic rings. The van der Waals surface area contributed by atoms with Gasteiger partial charge in [-0.3, -0.25) is 0 Å². The van der Waals surface area contributed by atoms with Crippen molar-refractivity contribution in [2.45, 2.75) is 132 Å². The summed E-state index contributed by atoms with van der Waals surface area (Å²) in [6.07, 6.45) is 34.6. The lowest BCUT2D eigenvalue weighted by molar-refractivity contribution is -0.0248. The smallest absolute Gasteiger partial charge is 0.143 e. The zero-order chi connectivity index (χ0) is 29.5. The fourth-order valence-corrected chi connectivity index (χ4v) is 16.2. The Hall–Kier alpha value is -2.20. The number of ether oxygens (including phenoxy) is 1. The first-order chi connectivity index (χ1) is 22.0. The molecule has 233 valence electrons. The van der Waals surface area contributed by atoms with Crippen LogP contribution in [0.2, 0.25) is 0 Å². The van der Waals surface area contributed by atoms with E-state index in [2.05, 4.69) is 30.2 Å². The molecule has 0 atom stereocenters. The highest BCUT2D eigenvalue weighted by Crippen LogP contribution is 2.70. The van der Waals surface area contributed by atoms with Crippen LogP contribution >= 0.6 is 0 Å². The molecule has 0 saturated heterocycles. The normalized spacial score (nSPS) is 47.8. The van der Waals surface area contributed by atoms with Crippen molar-refractivity contribution in [3.05, 3.63) is 65.1 Å². The molecule has 0 heterocycles. The predicted molar refractivity (Wildman–Crippen MR) is 179 cm³/mol. The number of rotatable bonds is 5. The molecule has 1 radical (unpaired) electrons. The van der Waals surface area contributed by atoms with Crippen molar-refractivity contribution in [2.75, 3.05) is 0 Å². The highest BCUT2D eigenvalue weighted by molar-refractivity contribution is 5.59. The molecule has 45 heavy (non-hydrogen) atoms. The Bertz CT molecular complexity index is 1490. The lowest BCUT2D eigenvalue weighted by Crippen LogP contribution is -2.55. The van der Waals surface area contributed by atoms with E-state index in [9.17, 15) is 0 Å². The molecule has 0 unspecified atom stereocenters. The van der Waals surface area contributed by atoms with Crippen LogP contribution in [0.5, 0.6) is 11.5 Å². The minimum Gasteiger partial charge on any atom is -0.456 e. The molecule has 14 rings (SSSR count). The zero-order valence-corrected chi connectivity index (χ0v) is 27.3. The second-order valence-corrected chi connectivity index (χ2v) is 19.2. The topological polar surface area (TPSA) is 9.23 Å². The Kier molecular flexibility index (Phi) is 5.51. The first-order valence-electron chi connectivity index (χ1n) is 19.4. The van der Waals surface area contributed by atoms with E-state index in [1.54, 1.807) is 5.56 Å². The van der Waals surface area contributed by atoms with Gasteiger partial charge in [-0.15, -0.1) is 0 Å². The summed E-state index contributed by atoms with van der Waals surface area (Å²) in [6, 6.07) is 13.4. The van der Waals surface area contributed by atoms with Crippen molar-refractivity contribution in [1.82, 2.24) is 0 Å². The van der Waals surface area contributed by atoms with Crippen molar-refractivity contribution >= 4 is 0 Å². The Morgan fingerprint density at radius 2 is 0.867 bits per heavy atom. The van der Waals surface area contributed by atoms with E-state index >= 15 is 0 Å². The number of hydrogen-bond acceptors (Lipinski definition) is 1. The van der Waals surface area contributed by atoms with Gasteiger partial charge in [0, 0.05) is 11.0 Å². The van der Waals surface area contributed by atoms with E-state index in [-0.39, 0.29) is 5.41 Å². The van der Waals surface area contributed by atoms with Crippen LogP contribution in [0.3, 0.4) is 0 Å². The third-order valence-electron chi connectivity index (χ3n) is 16.2. The van der Waals surface area contributed by atoms with E-state index in [0.717, 1.165) is 64.6 Å². The summed E-state index contributed by atoms with van der Waals surface area (Å²) < 4.78 is 7.22. The third-order valence-corrected chi connectivity index (χ3v) is 16.2. The summed E-state index contributed by atoms with van der Waals surface area (Å²) in [5, 5.41) is 0. The van der Waals surface area contributed by atoms with E-state index in [1.165, 1.54) is 121 Å². The van der Waals surface area contributed by atoms with Crippen LogP contribution in [0.4, 0.5) is 0 Å². The molecule has 2 aromatic rings. The minimum absolute atomic E-state index is 0.282. The van der Waals surface area contributed by atoms with Crippen LogP contribution in [0.1, 0.15) is 138 Å². The standard InChI is InChI=1S/C44H51O/c1-2-36-5-3-4-6-38(36)45-39-8-7-37(42-18-27-9-28(19-42)11-29(10-27)20-42)40(43-21-30-12-31(22-43)14-32(13-30)23-43)41(39)44-24-33-15-34(25-44)17-35(16-33)26-44/h3-8,27-35H,9-26H2. The van der Waals surface area contributed by atoms with Crippen LogP contribution in [0, 0.1) is 65.6 Å². The zero-order valence-electron chi connectivity index (χ0n) is 27.3. The van der Waals surface area contributed by atoms with Crippen molar-refractivity contribution in [3.8, 4) is 17.4 Å². The fourth-order valence-electron chi connectivity index (χ4n) is 16.2.